The fourth-order valence-corrected chi connectivity index (χ4v) is 1.81. The lowest BCUT2D eigenvalue weighted by Crippen LogP contribution is -2.48. The van der Waals surface area contributed by atoms with Crippen LogP contribution in [-0.4, -0.2) is 24.2 Å². The molecule has 1 aromatic carbocycles. The second-order valence-corrected chi connectivity index (χ2v) is 6.13. The van der Waals surface area contributed by atoms with Crippen molar-refractivity contribution in [2.24, 2.45) is 5.92 Å². The fourth-order valence-electron chi connectivity index (χ4n) is 1.54. The monoisotopic (exact) mass is 343 g/mol. The molecule has 0 heterocycles. The summed E-state index contributed by atoms with van der Waals surface area (Å²) in [6.07, 6.45) is 1.01. The third-order valence-corrected chi connectivity index (χ3v) is 3.49. The third kappa shape index (κ3) is 7.47. The minimum absolute atomic E-state index is 0.108. The normalized spacial score (nSPS) is 10.2. The lowest BCUT2D eigenvalue weighted by molar-refractivity contribution is -0.123. The predicted molar refractivity (Wildman–Crippen MR) is 93.0 cm³/mol. The number of halogens is 1. The summed E-state index contributed by atoms with van der Waals surface area (Å²) < 4.78 is 5.37. The van der Waals surface area contributed by atoms with Crippen molar-refractivity contribution in [3.63, 3.8) is 0 Å². The Kier molecular flexibility index (Phi) is 7.98. The summed E-state index contributed by atoms with van der Waals surface area (Å²) in [6.45, 7) is 6.80. The molecule has 0 saturated carbocycles. The van der Waals surface area contributed by atoms with E-state index in [9.17, 15) is 4.79 Å². The summed E-state index contributed by atoms with van der Waals surface area (Å²) >= 11 is 11.0. The van der Waals surface area contributed by atoms with Crippen molar-refractivity contribution >= 4 is 34.8 Å². The van der Waals surface area contributed by atoms with E-state index in [0.29, 0.717) is 21.8 Å². The molecule has 0 saturated heterocycles. The van der Waals surface area contributed by atoms with Gasteiger partial charge in [-0.1, -0.05) is 25.4 Å². The van der Waals surface area contributed by atoms with Crippen molar-refractivity contribution < 1.29 is 9.53 Å². The fraction of sp³-hybridized carbons (Fsp3) is 0.467. The molecule has 0 fully saturated rings. The minimum Gasteiger partial charge on any atom is -0.484 e. The van der Waals surface area contributed by atoms with E-state index < -0.39 is 0 Å². The molecule has 122 valence electrons. The van der Waals surface area contributed by atoms with Gasteiger partial charge in [0.2, 0.25) is 0 Å². The van der Waals surface area contributed by atoms with E-state index in [-0.39, 0.29) is 12.5 Å². The summed E-state index contributed by atoms with van der Waals surface area (Å²) in [6, 6.07) is 5.23. The summed E-state index contributed by atoms with van der Waals surface area (Å²) in [5.74, 6) is 0.872. The number of nitrogens with one attached hydrogen (secondary N) is 3. The first kappa shape index (κ1) is 18.5. The standard InChI is InChI=1S/C15H22ClN3O2S/c1-10(2)6-7-17-15(22)19-18-14(20)9-21-12-4-5-13(16)11(3)8-12/h4-5,8,10H,6-7,9H2,1-3H3,(H,18,20)(H2,17,19,22). The molecule has 0 unspecified atom stereocenters. The molecule has 22 heavy (non-hydrogen) atoms. The van der Waals surface area contributed by atoms with Crippen LogP contribution in [0.1, 0.15) is 25.8 Å². The van der Waals surface area contributed by atoms with Crippen LogP contribution in [0.2, 0.25) is 5.02 Å². The number of hydrogen-bond donors (Lipinski definition) is 3. The predicted octanol–water partition coefficient (Wildman–Crippen LogP) is 2.57. The van der Waals surface area contributed by atoms with Crippen molar-refractivity contribution in [2.45, 2.75) is 27.2 Å². The van der Waals surface area contributed by atoms with Crippen molar-refractivity contribution in [1.29, 1.82) is 0 Å². The van der Waals surface area contributed by atoms with E-state index in [4.69, 9.17) is 28.6 Å². The highest BCUT2D eigenvalue weighted by atomic mass is 35.5. The van der Waals surface area contributed by atoms with E-state index in [0.717, 1.165) is 18.5 Å². The second kappa shape index (κ2) is 9.48. The number of aryl methyl sites for hydroxylation is 1. The maximum Gasteiger partial charge on any atom is 0.276 e. The van der Waals surface area contributed by atoms with Gasteiger partial charge in [0.25, 0.3) is 5.91 Å². The average molecular weight is 344 g/mol. The Morgan fingerprint density at radius 2 is 2.09 bits per heavy atom. The Hall–Kier alpha value is -1.53. The molecule has 0 radical (unpaired) electrons. The van der Waals surface area contributed by atoms with Gasteiger partial charge in [0.1, 0.15) is 5.75 Å². The van der Waals surface area contributed by atoms with Crippen LogP contribution in [0.4, 0.5) is 0 Å². The SMILES string of the molecule is Cc1cc(OCC(=O)NNC(=S)NCCC(C)C)ccc1Cl. The topological polar surface area (TPSA) is 62.4 Å². The van der Waals surface area contributed by atoms with Crippen LogP contribution in [0.25, 0.3) is 0 Å². The molecule has 3 N–H and O–H groups in total. The van der Waals surface area contributed by atoms with E-state index >= 15 is 0 Å². The van der Waals surface area contributed by atoms with Crippen molar-refractivity contribution in [3.05, 3.63) is 28.8 Å². The number of amides is 1. The van der Waals surface area contributed by atoms with E-state index in [1.807, 2.05) is 6.92 Å². The molecule has 5 nitrogen and oxygen atoms in total. The summed E-state index contributed by atoms with van der Waals surface area (Å²) in [5, 5.41) is 4.06. The number of carbonyl (C=O) groups excluding carboxylic acids is 1. The average Bonchev–Trinajstić information content (AvgIpc) is 2.46. The maximum absolute atomic E-state index is 11.6. The highest BCUT2D eigenvalue weighted by Gasteiger charge is 2.05. The molecule has 0 atom stereocenters. The van der Waals surface area contributed by atoms with Gasteiger partial charge < -0.3 is 10.1 Å². The summed E-state index contributed by atoms with van der Waals surface area (Å²) in [5.41, 5.74) is 6.00. The number of hydrazine groups is 1. The molecule has 0 spiro atoms. The third-order valence-electron chi connectivity index (χ3n) is 2.82. The molecular formula is C15H22ClN3O2S. The number of benzene rings is 1. The molecular weight excluding hydrogens is 322 g/mol. The van der Waals surface area contributed by atoms with Gasteiger partial charge in [0.15, 0.2) is 11.7 Å². The first-order valence-electron chi connectivity index (χ1n) is 7.10. The van der Waals surface area contributed by atoms with Crippen molar-refractivity contribution in [2.75, 3.05) is 13.2 Å². The lowest BCUT2D eigenvalue weighted by atomic mass is 10.1. The van der Waals surface area contributed by atoms with Gasteiger partial charge in [-0.25, -0.2) is 0 Å². The van der Waals surface area contributed by atoms with Gasteiger partial charge >= 0.3 is 0 Å². The Bertz CT molecular complexity index is 524. The first-order chi connectivity index (χ1) is 10.4. The van der Waals surface area contributed by atoms with Gasteiger partial charge in [0.05, 0.1) is 0 Å². The highest BCUT2D eigenvalue weighted by Crippen LogP contribution is 2.20. The first-order valence-corrected chi connectivity index (χ1v) is 7.88. The lowest BCUT2D eigenvalue weighted by Gasteiger charge is -2.13. The largest absolute Gasteiger partial charge is 0.484 e. The molecule has 1 amide bonds. The zero-order chi connectivity index (χ0) is 16.5. The quantitative estimate of drug-likeness (QED) is 0.547. The zero-order valence-electron chi connectivity index (χ0n) is 13.0. The molecule has 1 aromatic rings. The van der Waals surface area contributed by atoms with Crippen molar-refractivity contribution in [1.82, 2.24) is 16.2 Å². The van der Waals surface area contributed by atoms with Crippen LogP contribution in [0.15, 0.2) is 18.2 Å². The van der Waals surface area contributed by atoms with Gasteiger partial charge in [-0.3, -0.25) is 15.6 Å². The number of thiocarbonyl (C=S) groups is 1. The molecule has 0 bridgehead atoms. The van der Waals surface area contributed by atoms with Crippen LogP contribution >= 0.6 is 23.8 Å². The van der Waals surface area contributed by atoms with Crippen LogP contribution in [0, 0.1) is 12.8 Å². The van der Waals surface area contributed by atoms with Crippen LogP contribution < -0.4 is 20.9 Å². The van der Waals surface area contributed by atoms with Gasteiger partial charge in [-0.2, -0.15) is 0 Å². The summed E-state index contributed by atoms with van der Waals surface area (Å²) in [7, 11) is 0. The summed E-state index contributed by atoms with van der Waals surface area (Å²) in [4.78, 5) is 11.6. The molecule has 7 heteroatoms. The van der Waals surface area contributed by atoms with Gasteiger partial charge in [-0.05, 0) is 55.2 Å². The highest BCUT2D eigenvalue weighted by molar-refractivity contribution is 7.80. The van der Waals surface area contributed by atoms with E-state index in [1.165, 1.54) is 0 Å². The molecule has 0 aliphatic rings. The van der Waals surface area contributed by atoms with Crippen LogP contribution in [0.5, 0.6) is 5.75 Å². The Morgan fingerprint density at radius 3 is 2.73 bits per heavy atom. The zero-order valence-corrected chi connectivity index (χ0v) is 14.6. The van der Waals surface area contributed by atoms with Crippen molar-refractivity contribution in [3.8, 4) is 5.75 Å². The van der Waals surface area contributed by atoms with Crippen LogP contribution in [-0.2, 0) is 4.79 Å². The number of hydrogen-bond acceptors (Lipinski definition) is 3. The van der Waals surface area contributed by atoms with Gasteiger partial charge in [-0.15, -0.1) is 0 Å². The van der Waals surface area contributed by atoms with E-state index in [2.05, 4.69) is 30.0 Å². The van der Waals surface area contributed by atoms with Gasteiger partial charge in [0, 0.05) is 11.6 Å². The molecule has 0 aliphatic heterocycles. The molecule has 0 aliphatic carbocycles. The van der Waals surface area contributed by atoms with Crippen LogP contribution in [0.3, 0.4) is 0 Å². The number of rotatable bonds is 6. The molecule has 0 aromatic heterocycles. The minimum atomic E-state index is -0.319. The number of ether oxygens (including phenoxy) is 1. The van der Waals surface area contributed by atoms with E-state index in [1.54, 1.807) is 18.2 Å². The maximum atomic E-state index is 11.6. The Morgan fingerprint density at radius 1 is 1.36 bits per heavy atom. The molecule has 1 rings (SSSR count). The number of carbonyl (C=O) groups is 1. The Balaban J connectivity index is 2.23. The Labute approximate surface area is 141 Å². The smallest absolute Gasteiger partial charge is 0.276 e. The second-order valence-electron chi connectivity index (χ2n) is 5.31.